The highest BCUT2D eigenvalue weighted by Crippen LogP contribution is 2.16. The van der Waals surface area contributed by atoms with Gasteiger partial charge < -0.3 is 0 Å². The predicted octanol–water partition coefficient (Wildman–Crippen LogP) is 2.16. The summed E-state index contributed by atoms with van der Waals surface area (Å²) in [4.78, 5) is 0. The number of hydrogen-bond donors (Lipinski definition) is 1. The Kier molecular flexibility index (Phi) is 2.11. The van der Waals surface area contributed by atoms with Crippen LogP contribution in [0.3, 0.4) is 0 Å². The third-order valence-electron chi connectivity index (χ3n) is 2.11. The maximum atomic E-state index is 4.43. The molecule has 0 aliphatic carbocycles. The quantitative estimate of drug-likeness (QED) is 0.788. The second kappa shape index (κ2) is 3.29. The minimum Gasteiger partial charge on any atom is -0.282 e. The van der Waals surface area contributed by atoms with Crippen LogP contribution in [0.5, 0.6) is 0 Å². The highest BCUT2D eigenvalue weighted by molar-refractivity contribution is 5.53. The van der Waals surface area contributed by atoms with Gasteiger partial charge in [-0.2, -0.15) is 10.2 Å². The Hall–Kier alpha value is -1.58. The van der Waals surface area contributed by atoms with Crippen molar-refractivity contribution in [2.45, 2.75) is 26.8 Å². The van der Waals surface area contributed by atoms with Crippen LogP contribution in [0.2, 0.25) is 0 Å². The summed E-state index contributed by atoms with van der Waals surface area (Å²) in [6.45, 7) is 6.19. The predicted molar refractivity (Wildman–Crippen MR) is 54.9 cm³/mol. The first-order valence-corrected chi connectivity index (χ1v) is 4.74. The number of aromatic amines is 1. The second-order valence-electron chi connectivity index (χ2n) is 3.71. The van der Waals surface area contributed by atoms with E-state index in [9.17, 15) is 0 Å². The zero-order valence-corrected chi connectivity index (χ0v) is 8.65. The molecule has 1 N–H and O–H groups in total. The van der Waals surface area contributed by atoms with Gasteiger partial charge in [-0.3, -0.25) is 9.78 Å². The molecule has 0 fully saturated rings. The van der Waals surface area contributed by atoms with Crippen molar-refractivity contribution in [3.63, 3.8) is 0 Å². The number of H-pyrrole nitrogens is 1. The Balaban J connectivity index is 2.33. The average molecular weight is 190 g/mol. The van der Waals surface area contributed by atoms with Gasteiger partial charge in [0, 0.05) is 17.9 Å². The van der Waals surface area contributed by atoms with E-state index in [2.05, 4.69) is 29.1 Å². The van der Waals surface area contributed by atoms with Crippen LogP contribution in [0.25, 0.3) is 11.4 Å². The molecule has 0 unspecified atom stereocenters. The molecule has 0 atom stereocenters. The van der Waals surface area contributed by atoms with Gasteiger partial charge in [0.1, 0.15) is 11.4 Å². The van der Waals surface area contributed by atoms with Crippen LogP contribution in [-0.2, 0) is 0 Å². The molecule has 0 saturated heterocycles. The molecule has 4 heteroatoms. The van der Waals surface area contributed by atoms with Crippen molar-refractivity contribution in [1.29, 1.82) is 0 Å². The van der Waals surface area contributed by atoms with E-state index < -0.39 is 0 Å². The maximum Gasteiger partial charge on any atom is 0.113 e. The van der Waals surface area contributed by atoms with E-state index in [4.69, 9.17) is 0 Å². The van der Waals surface area contributed by atoms with Crippen LogP contribution in [0, 0.1) is 6.92 Å². The Bertz CT molecular complexity index is 425. The number of aromatic nitrogens is 4. The van der Waals surface area contributed by atoms with Crippen molar-refractivity contribution in [3.05, 3.63) is 24.0 Å². The van der Waals surface area contributed by atoms with Crippen molar-refractivity contribution in [3.8, 4) is 11.4 Å². The molecule has 0 saturated carbocycles. The lowest BCUT2D eigenvalue weighted by Crippen LogP contribution is -2.00. The Morgan fingerprint density at radius 3 is 2.64 bits per heavy atom. The van der Waals surface area contributed by atoms with E-state index in [-0.39, 0.29) is 0 Å². The van der Waals surface area contributed by atoms with E-state index in [1.807, 2.05) is 29.9 Å². The third kappa shape index (κ3) is 1.55. The van der Waals surface area contributed by atoms with Crippen molar-refractivity contribution >= 4 is 0 Å². The summed E-state index contributed by atoms with van der Waals surface area (Å²) in [5.74, 6) is 0. The first-order chi connectivity index (χ1) is 6.66. The normalized spacial score (nSPS) is 11.1. The van der Waals surface area contributed by atoms with Gasteiger partial charge in [0.25, 0.3) is 0 Å². The van der Waals surface area contributed by atoms with Gasteiger partial charge in [-0.1, -0.05) is 0 Å². The molecular formula is C10H14N4. The molecule has 14 heavy (non-hydrogen) atoms. The number of hydrogen-bond acceptors (Lipinski definition) is 2. The largest absolute Gasteiger partial charge is 0.282 e. The fourth-order valence-electron chi connectivity index (χ4n) is 1.31. The Morgan fingerprint density at radius 1 is 1.36 bits per heavy atom. The molecule has 4 nitrogen and oxygen atoms in total. The van der Waals surface area contributed by atoms with Crippen LogP contribution < -0.4 is 0 Å². The summed E-state index contributed by atoms with van der Waals surface area (Å²) in [6.07, 6.45) is 1.98. The van der Waals surface area contributed by atoms with Crippen LogP contribution in [-0.4, -0.2) is 20.0 Å². The van der Waals surface area contributed by atoms with Crippen molar-refractivity contribution in [2.24, 2.45) is 0 Å². The van der Waals surface area contributed by atoms with Crippen molar-refractivity contribution < 1.29 is 0 Å². The van der Waals surface area contributed by atoms with Crippen LogP contribution in [0.1, 0.15) is 25.6 Å². The van der Waals surface area contributed by atoms with E-state index >= 15 is 0 Å². The second-order valence-corrected chi connectivity index (χ2v) is 3.71. The Morgan fingerprint density at radius 2 is 2.14 bits per heavy atom. The van der Waals surface area contributed by atoms with Crippen LogP contribution in [0.4, 0.5) is 0 Å². The summed E-state index contributed by atoms with van der Waals surface area (Å²) in [5, 5.41) is 11.5. The maximum absolute atomic E-state index is 4.43. The fourth-order valence-corrected chi connectivity index (χ4v) is 1.31. The molecule has 2 rings (SSSR count). The van der Waals surface area contributed by atoms with Gasteiger partial charge in [0.15, 0.2) is 0 Å². The molecule has 74 valence electrons. The van der Waals surface area contributed by atoms with Gasteiger partial charge in [-0.05, 0) is 32.9 Å². The number of aryl methyl sites for hydroxylation is 1. The molecule has 0 amide bonds. The smallest absolute Gasteiger partial charge is 0.113 e. The minimum atomic E-state index is 0.392. The monoisotopic (exact) mass is 190 g/mol. The van der Waals surface area contributed by atoms with Gasteiger partial charge in [-0.15, -0.1) is 0 Å². The topological polar surface area (TPSA) is 46.5 Å². The standard InChI is InChI=1S/C10H14N4/c1-7(2)14-5-4-9(13-14)10-6-8(3)11-12-10/h4-7H,1-3H3,(H,11,12). The van der Waals surface area contributed by atoms with Crippen molar-refractivity contribution in [1.82, 2.24) is 20.0 Å². The van der Waals surface area contributed by atoms with Crippen molar-refractivity contribution in [2.75, 3.05) is 0 Å². The minimum absolute atomic E-state index is 0.392. The molecule has 0 spiro atoms. The fraction of sp³-hybridized carbons (Fsp3) is 0.400. The molecular weight excluding hydrogens is 176 g/mol. The van der Waals surface area contributed by atoms with E-state index in [1.54, 1.807) is 0 Å². The summed E-state index contributed by atoms with van der Waals surface area (Å²) < 4.78 is 1.93. The number of nitrogens with one attached hydrogen (secondary N) is 1. The van der Waals surface area contributed by atoms with Crippen LogP contribution in [0.15, 0.2) is 18.3 Å². The van der Waals surface area contributed by atoms with E-state index in [0.29, 0.717) is 6.04 Å². The molecule has 0 aromatic carbocycles. The molecule has 0 radical (unpaired) electrons. The third-order valence-corrected chi connectivity index (χ3v) is 2.11. The molecule has 2 heterocycles. The number of nitrogens with zero attached hydrogens (tertiary/aromatic N) is 3. The highest BCUT2D eigenvalue weighted by atomic mass is 15.3. The molecule has 0 aliphatic rings. The lowest BCUT2D eigenvalue weighted by Gasteiger charge is -2.02. The lowest BCUT2D eigenvalue weighted by atomic mass is 10.3. The first-order valence-electron chi connectivity index (χ1n) is 4.74. The molecule has 0 bridgehead atoms. The average Bonchev–Trinajstić information content (AvgIpc) is 2.70. The van der Waals surface area contributed by atoms with Gasteiger partial charge >= 0.3 is 0 Å². The van der Waals surface area contributed by atoms with Gasteiger partial charge in [0.2, 0.25) is 0 Å². The summed E-state index contributed by atoms with van der Waals surface area (Å²) >= 11 is 0. The Labute approximate surface area is 83.0 Å². The zero-order valence-electron chi connectivity index (χ0n) is 8.65. The number of rotatable bonds is 2. The molecule has 0 aliphatic heterocycles. The van der Waals surface area contributed by atoms with E-state index in [1.165, 1.54) is 0 Å². The summed E-state index contributed by atoms with van der Waals surface area (Å²) in [6, 6.07) is 4.37. The lowest BCUT2D eigenvalue weighted by molar-refractivity contribution is 0.534. The molecule has 2 aromatic heterocycles. The van der Waals surface area contributed by atoms with Gasteiger partial charge in [-0.25, -0.2) is 0 Å². The van der Waals surface area contributed by atoms with E-state index in [0.717, 1.165) is 17.1 Å². The van der Waals surface area contributed by atoms with Gasteiger partial charge in [0.05, 0.1) is 0 Å². The SMILES string of the molecule is Cc1cc(-c2ccn(C(C)C)n2)n[nH]1. The summed E-state index contributed by atoms with van der Waals surface area (Å²) in [7, 11) is 0. The summed E-state index contributed by atoms with van der Waals surface area (Å²) in [5.41, 5.74) is 2.88. The highest BCUT2D eigenvalue weighted by Gasteiger charge is 2.06. The zero-order chi connectivity index (χ0) is 10.1. The first kappa shape index (κ1) is 8.99. The van der Waals surface area contributed by atoms with Crippen LogP contribution >= 0.6 is 0 Å². The molecule has 2 aromatic rings.